The molecule has 2 aliphatic rings. The number of rotatable bonds is 2. The Labute approximate surface area is 123 Å². The van der Waals surface area contributed by atoms with Gasteiger partial charge >= 0.3 is 5.97 Å². The van der Waals surface area contributed by atoms with Gasteiger partial charge in [0.2, 0.25) is 5.91 Å². The van der Waals surface area contributed by atoms with Crippen molar-refractivity contribution >= 4 is 11.9 Å². The van der Waals surface area contributed by atoms with Gasteiger partial charge in [-0.05, 0) is 30.0 Å². The smallest absolute Gasteiger partial charge is 0.326 e. The van der Waals surface area contributed by atoms with E-state index in [2.05, 4.69) is 5.32 Å². The molecule has 1 saturated heterocycles. The van der Waals surface area contributed by atoms with Crippen LogP contribution in [0.15, 0.2) is 24.3 Å². The number of benzene rings is 1. The van der Waals surface area contributed by atoms with E-state index in [9.17, 15) is 14.7 Å². The van der Waals surface area contributed by atoms with Crippen LogP contribution in [0.4, 0.5) is 0 Å². The molecule has 3 unspecified atom stereocenters. The van der Waals surface area contributed by atoms with E-state index in [1.54, 1.807) is 0 Å². The lowest BCUT2D eigenvalue weighted by atomic mass is 9.92. The molecule has 0 saturated carbocycles. The van der Waals surface area contributed by atoms with Crippen molar-refractivity contribution in [1.29, 1.82) is 0 Å². The van der Waals surface area contributed by atoms with Gasteiger partial charge in [-0.2, -0.15) is 0 Å². The van der Waals surface area contributed by atoms with Gasteiger partial charge in [-0.25, -0.2) is 4.79 Å². The Bertz CT molecular complexity index is 572. The molecular weight excluding hydrogens is 268 g/mol. The summed E-state index contributed by atoms with van der Waals surface area (Å²) in [6, 6.07) is 6.75. The third kappa shape index (κ3) is 2.53. The number of amides is 1. The van der Waals surface area contributed by atoms with Crippen molar-refractivity contribution in [2.24, 2.45) is 5.92 Å². The fraction of sp³-hybridized carbons (Fsp3) is 0.500. The van der Waals surface area contributed by atoms with Crippen molar-refractivity contribution in [3.63, 3.8) is 0 Å². The van der Waals surface area contributed by atoms with E-state index in [4.69, 9.17) is 0 Å². The van der Waals surface area contributed by atoms with Gasteiger partial charge in [0.1, 0.15) is 6.04 Å². The van der Waals surface area contributed by atoms with E-state index >= 15 is 0 Å². The van der Waals surface area contributed by atoms with E-state index in [1.165, 1.54) is 4.90 Å². The van der Waals surface area contributed by atoms with E-state index in [0.717, 1.165) is 24.1 Å². The maximum atomic E-state index is 12.7. The third-order valence-electron chi connectivity index (χ3n) is 4.62. The lowest BCUT2D eigenvalue weighted by molar-refractivity contribution is -0.152. The number of carbonyl (C=O) groups is 2. The molecule has 112 valence electrons. The lowest BCUT2D eigenvalue weighted by Gasteiger charge is -2.36. The molecule has 2 N–H and O–H groups in total. The monoisotopic (exact) mass is 288 g/mol. The molecule has 2 heterocycles. The van der Waals surface area contributed by atoms with E-state index in [0.29, 0.717) is 13.0 Å². The van der Waals surface area contributed by atoms with Gasteiger partial charge in [-0.3, -0.25) is 4.79 Å². The van der Waals surface area contributed by atoms with Crippen LogP contribution in [0.2, 0.25) is 0 Å². The predicted octanol–water partition coefficient (Wildman–Crippen LogP) is 1.02. The van der Waals surface area contributed by atoms with Crippen LogP contribution >= 0.6 is 0 Å². The number of carbonyl (C=O) groups excluding carboxylic acids is 1. The standard InChI is InChI=1S/C16H20N2O3/c1-10-6-7-17-14(10)15(19)18-9-12-5-3-2-4-11(12)8-13(18)16(20)21/h2-5,10,13-14,17H,6-9H2,1H3,(H,20,21). The second kappa shape index (κ2) is 5.48. The third-order valence-corrected chi connectivity index (χ3v) is 4.62. The summed E-state index contributed by atoms with van der Waals surface area (Å²) in [5.41, 5.74) is 2.08. The maximum absolute atomic E-state index is 12.7. The van der Waals surface area contributed by atoms with Crippen molar-refractivity contribution in [3.8, 4) is 0 Å². The van der Waals surface area contributed by atoms with Gasteiger partial charge in [-0.1, -0.05) is 31.2 Å². The Balaban J connectivity index is 1.89. The highest BCUT2D eigenvalue weighted by Crippen LogP contribution is 2.26. The highest BCUT2D eigenvalue weighted by atomic mass is 16.4. The van der Waals surface area contributed by atoms with E-state index < -0.39 is 12.0 Å². The quantitative estimate of drug-likeness (QED) is 0.852. The number of carboxylic acid groups (broad SMARTS) is 1. The van der Waals surface area contributed by atoms with Gasteiger partial charge in [-0.15, -0.1) is 0 Å². The van der Waals surface area contributed by atoms with Gasteiger partial charge in [0.05, 0.1) is 6.04 Å². The molecule has 1 amide bonds. The van der Waals surface area contributed by atoms with Crippen molar-refractivity contribution in [2.45, 2.75) is 38.4 Å². The lowest BCUT2D eigenvalue weighted by Crippen LogP contribution is -2.54. The number of hydrogen-bond acceptors (Lipinski definition) is 3. The summed E-state index contributed by atoms with van der Waals surface area (Å²) in [6.45, 7) is 3.24. The summed E-state index contributed by atoms with van der Waals surface area (Å²) < 4.78 is 0. The fourth-order valence-electron chi connectivity index (χ4n) is 3.32. The van der Waals surface area contributed by atoms with E-state index in [1.807, 2.05) is 31.2 Å². The molecule has 21 heavy (non-hydrogen) atoms. The molecule has 5 heteroatoms. The average Bonchev–Trinajstić information content (AvgIpc) is 2.91. The first-order valence-electron chi connectivity index (χ1n) is 7.41. The highest BCUT2D eigenvalue weighted by Gasteiger charge is 2.40. The molecule has 0 spiro atoms. The normalized spacial score (nSPS) is 28.2. The second-order valence-electron chi connectivity index (χ2n) is 5.99. The topological polar surface area (TPSA) is 69.6 Å². The summed E-state index contributed by atoms with van der Waals surface area (Å²) >= 11 is 0. The van der Waals surface area contributed by atoms with Crippen LogP contribution in [0.5, 0.6) is 0 Å². The summed E-state index contributed by atoms with van der Waals surface area (Å²) in [5.74, 6) is -0.755. The SMILES string of the molecule is CC1CCNC1C(=O)N1Cc2ccccc2CC1C(=O)O. The zero-order chi connectivity index (χ0) is 15.0. The second-order valence-corrected chi connectivity index (χ2v) is 5.99. The first kappa shape index (κ1) is 14.1. The molecule has 1 aromatic carbocycles. The molecule has 3 rings (SSSR count). The van der Waals surface area contributed by atoms with Crippen molar-refractivity contribution in [3.05, 3.63) is 35.4 Å². The van der Waals surface area contributed by atoms with Gasteiger partial charge in [0, 0.05) is 13.0 Å². The number of nitrogens with zero attached hydrogens (tertiary/aromatic N) is 1. The van der Waals surface area contributed by atoms with Crippen LogP contribution in [-0.4, -0.2) is 40.5 Å². The van der Waals surface area contributed by atoms with Crippen molar-refractivity contribution in [1.82, 2.24) is 10.2 Å². The molecule has 5 nitrogen and oxygen atoms in total. The van der Waals surface area contributed by atoms with Crippen LogP contribution in [0.1, 0.15) is 24.5 Å². The molecule has 0 aliphatic carbocycles. The zero-order valence-electron chi connectivity index (χ0n) is 12.1. The predicted molar refractivity (Wildman–Crippen MR) is 77.7 cm³/mol. The average molecular weight is 288 g/mol. The maximum Gasteiger partial charge on any atom is 0.326 e. The minimum atomic E-state index is -0.927. The van der Waals surface area contributed by atoms with Crippen LogP contribution in [0.3, 0.4) is 0 Å². The number of aliphatic carboxylic acids is 1. The van der Waals surface area contributed by atoms with Crippen LogP contribution in [0.25, 0.3) is 0 Å². The fourth-order valence-corrected chi connectivity index (χ4v) is 3.32. The summed E-state index contributed by atoms with van der Waals surface area (Å²) in [7, 11) is 0. The zero-order valence-corrected chi connectivity index (χ0v) is 12.1. The Kier molecular flexibility index (Phi) is 3.68. The van der Waals surface area contributed by atoms with Gasteiger partial charge in [0.25, 0.3) is 0 Å². The number of fused-ring (bicyclic) bond motifs is 1. The molecule has 0 radical (unpaired) electrons. The summed E-state index contributed by atoms with van der Waals surface area (Å²) in [4.78, 5) is 25.8. The Morgan fingerprint density at radius 3 is 2.62 bits per heavy atom. The van der Waals surface area contributed by atoms with E-state index in [-0.39, 0.29) is 17.9 Å². The van der Waals surface area contributed by atoms with Crippen LogP contribution in [-0.2, 0) is 22.6 Å². The molecule has 0 bridgehead atoms. The molecule has 2 aliphatic heterocycles. The molecule has 0 aromatic heterocycles. The first-order valence-corrected chi connectivity index (χ1v) is 7.41. The summed E-state index contributed by atoms with van der Waals surface area (Å²) in [5, 5.41) is 12.7. The number of nitrogens with one attached hydrogen (secondary N) is 1. The first-order chi connectivity index (χ1) is 10.1. The molecular formula is C16H20N2O3. The molecule has 1 aromatic rings. The van der Waals surface area contributed by atoms with Gasteiger partial charge in [0.15, 0.2) is 0 Å². The molecule has 1 fully saturated rings. The largest absolute Gasteiger partial charge is 0.480 e. The number of carboxylic acids is 1. The Hall–Kier alpha value is -1.88. The van der Waals surface area contributed by atoms with Crippen LogP contribution < -0.4 is 5.32 Å². The number of hydrogen-bond donors (Lipinski definition) is 2. The Morgan fingerprint density at radius 2 is 2.00 bits per heavy atom. The van der Waals surface area contributed by atoms with Gasteiger partial charge < -0.3 is 15.3 Å². The Morgan fingerprint density at radius 1 is 1.29 bits per heavy atom. The summed E-state index contributed by atoms with van der Waals surface area (Å²) in [6.07, 6.45) is 1.34. The minimum absolute atomic E-state index is 0.0816. The molecule has 3 atom stereocenters. The highest BCUT2D eigenvalue weighted by molar-refractivity contribution is 5.88. The van der Waals surface area contributed by atoms with Crippen LogP contribution in [0, 0.1) is 5.92 Å². The van der Waals surface area contributed by atoms with Crippen molar-refractivity contribution < 1.29 is 14.7 Å². The van der Waals surface area contributed by atoms with Crippen molar-refractivity contribution in [2.75, 3.05) is 6.54 Å². The minimum Gasteiger partial charge on any atom is -0.480 e.